The zero-order chi connectivity index (χ0) is 22.6. The van der Waals surface area contributed by atoms with Gasteiger partial charge in [0.1, 0.15) is 5.75 Å². The van der Waals surface area contributed by atoms with Crippen LogP contribution in [-0.2, 0) is 0 Å². The van der Waals surface area contributed by atoms with Gasteiger partial charge < -0.3 is 10.1 Å². The van der Waals surface area contributed by atoms with E-state index in [9.17, 15) is 18.0 Å². The third-order valence-corrected chi connectivity index (χ3v) is 6.10. The summed E-state index contributed by atoms with van der Waals surface area (Å²) in [6, 6.07) is 12.9. The number of rotatable bonds is 6. The average molecular weight is 435 g/mol. The van der Waals surface area contributed by atoms with Gasteiger partial charge in [-0.2, -0.15) is 0 Å². The minimum absolute atomic E-state index is 0.132. The first-order chi connectivity index (χ1) is 14.6. The molecule has 1 aliphatic rings. The number of benzene rings is 2. The fourth-order valence-corrected chi connectivity index (χ4v) is 3.81. The van der Waals surface area contributed by atoms with Crippen LogP contribution in [0.15, 0.2) is 48.5 Å². The summed E-state index contributed by atoms with van der Waals surface area (Å²) in [6.45, 7) is 8.60. The van der Waals surface area contributed by atoms with Crippen molar-refractivity contribution in [1.29, 1.82) is 0 Å². The van der Waals surface area contributed by atoms with Crippen LogP contribution in [0.2, 0.25) is 0 Å². The molecule has 0 aromatic heterocycles. The van der Waals surface area contributed by atoms with E-state index < -0.39 is 6.36 Å². The van der Waals surface area contributed by atoms with Crippen LogP contribution >= 0.6 is 0 Å². The van der Waals surface area contributed by atoms with E-state index in [1.807, 2.05) is 6.07 Å². The van der Waals surface area contributed by atoms with Crippen molar-refractivity contribution in [3.63, 3.8) is 0 Å². The summed E-state index contributed by atoms with van der Waals surface area (Å²) >= 11 is 0. The van der Waals surface area contributed by atoms with Crippen molar-refractivity contribution < 1.29 is 22.7 Å². The van der Waals surface area contributed by atoms with Crippen LogP contribution < -0.4 is 10.1 Å². The minimum Gasteiger partial charge on any atom is -0.406 e. The first-order valence-electron chi connectivity index (χ1n) is 10.6. The van der Waals surface area contributed by atoms with E-state index in [2.05, 4.69) is 35.7 Å². The molecule has 2 aromatic carbocycles. The molecular formula is C24H29F3N2O2. The lowest BCUT2D eigenvalue weighted by Crippen LogP contribution is -2.51. The highest BCUT2D eigenvalue weighted by atomic mass is 19.4. The van der Waals surface area contributed by atoms with Gasteiger partial charge in [0, 0.05) is 30.2 Å². The molecule has 168 valence electrons. The molecule has 1 amide bonds. The summed E-state index contributed by atoms with van der Waals surface area (Å²) in [5, 5.41) is 3.13. The van der Waals surface area contributed by atoms with Crippen LogP contribution in [0.4, 0.5) is 13.2 Å². The van der Waals surface area contributed by atoms with Crippen LogP contribution in [0.25, 0.3) is 11.1 Å². The zero-order valence-electron chi connectivity index (χ0n) is 18.1. The van der Waals surface area contributed by atoms with Crippen LogP contribution in [0.3, 0.4) is 0 Å². The molecule has 0 unspecified atom stereocenters. The number of likely N-dealkylation sites (tertiary alicyclic amines) is 1. The Morgan fingerprint density at radius 2 is 1.71 bits per heavy atom. The number of carbonyl (C=O) groups is 1. The maximum Gasteiger partial charge on any atom is 0.573 e. The van der Waals surface area contributed by atoms with Crippen molar-refractivity contribution in [1.82, 2.24) is 10.2 Å². The summed E-state index contributed by atoms with van der Waals surface area (Å²) in [5.41, 5.74) is 2.17. The summed E-state index contributed by atoms with van der Waals surface area (Å²) in [7, 11) is 0. The van der Waals surface area contributed by atoms with Crippen LogP contribution in [0.5, 0.6) is 5.75 Å². The maximum atomic E-state index is 12.8. The standard InChI is InChI=1S/C24H29F3N2O2/c1-4-23(2,3)29-14-12-20(13-15-29)28-22(30)19-7-5-6-18(16-19)17-8-10-21(11-9-17)31-24(25,26)27/h5-11,16,20H,4,12-15H2,1-3H3,(H,28,30). The lowest BCUT2D eigenvalue weighted by atomic mass is 9.94. The summed E-state index contributed by atoms with van der Waals surface area (Å²) in [6.07, 6.45) is -1.81. The quantitative estimate of drug-likeness (QED) is 0.640. The maximum absolute atomic E-state index is 12.8. The van der Waals surface area contributed by atoms with Crippen molar-refractivity contribution in [3.05, 3.63) is 54.1 Å². The Balaban J connectivity index is 1.62. The Morgan fingerprint density at radius 1 is 1.06 bits per heavy atom. The lowest BCUT2D eigenvalue weighted by Gasteiger charge is -2.42. The van der Waals surface area contributed by atoms with E-state index in [0.29, 0.717) is 11.1 Å². The first-order valence-corrected chi connectivity index (χ1v) is 10.6. The predicted molar refractivity (Wildman–Crippen MR) is 115 cm³/mol. The van der Waals surface area contributed by atoms with Gasteiger partial charge in [-0.15, -0.1) is 13.2 Å². The van der Waals surface area contributed by atoms with Crippen molar-refractivity contribution in [2.24, 2.45) is 0 Å². The molecule has 0 aliphatic carbocycles. The Labute approximate surface area is 181 Å². The molecule has 0 bridgehead atoms. The molecule has 1 heterocycles. The molecule has 1 saturated heterocycles. The van der Waals surface area contributed by atoms with Crippen LogP contribution in [0.1, 0.15) is 50.4 Å². The number of carbonyl (C=O) groups excluding carboxylic acids is 1. The number of piperidine rings is 1. The van der Waals surface area contributed by atoms with Crippen LogP contribution in [0, 0.1) is 0 Å². The number of hydrogen-bond donors (Lipinski definition) is 1. The topological polar surface area (TPSA) is 41.6 Å². The molecule has 3 rings (SSSR count). The number of ether oxygens (including phenoxy) is 1. The van der Waals surface area contributed by atoms with Crippen LogP contribution in [-0.4, -0.2) is 41.8 Å². The van der Waals surface area contributed by atoms with Crippen molar-refractivity contribution >= 4 is 5.91 Å². The average Bonchev–Trinajstić information content (AvgIpc) is 2.73. The smallest absolute Gasteiger partial charge is 0.406 e. The number of nitrogens with zero attached hydrogens (tertiary/aromatic N) is 1. The molecule has 1 aliphatic heterocycles. The number of amides is 1. The molecule has 0 radical (unpaired) electrons. The van der Waals surface area contributed by atoms with Gasteiger partial charge in [-0.3, -0.25) is 9.69 Å². The molecule has 0 atom stereocenters. The predicted octanol–water partition coefficient (Wildman–Crippen LogP) is 5.64. The second-order valence-corrected chi connectivity index (χ2v) is 8.55. The zero-order valence-corrected chi connectivity index (χ0v) is 18.1. The highest BCUT2D eigenvalue weighted by Crippen LogP contribution is 2.27. The Kier molecular flexibility index (Phi) is 6.94. The number of alkyl halides is 3. The fraction of sp³-hybridized carbons (Fsp3) is 0.458. The highest BCUT2D eigenvalue weighted by Gasteiger charge is 2.31. The van der Waals surface area contributed by atoms with Gasteiger partial charge in [-0.05, 0) is 68.5 Å². The molecule has 0 spiro atoms. The Bertz CT molecular complexity index is 886. The number of hydrogen-bond acceptors (Lipinski definition) is 3. The van der Waals surface area contributed by atoms with Gasteiger partial charge in [0.2, 0.25) is 0 Å². The van der Waals surface area contributed by atoms with Gasteiger partial charge in [-0.1, -0.05) is 31.2 Å². The van der Waals surface area contributed by atoms with Crippen molar-refractivity contribution in [2.75, 3.05) is 13.1 Å². The van der Waals surface area contributed by atoms with E-state index in [-0.39, 0.29) is 23.2 Å². The number of halogens is 3. The van der Waals surface area contributed by atoms with Gasteiger partial charge >= 0.3 is 6.36 Å². The molecule has 1 fully saturated rings. The van der Waals surface area contributed by atoms with E-state index in [1.54, 1.807) is 30.3 Å². The normalized spacial score (nSPS) is 16.2. The molecule has 1 N–H and O–H groups in total. The lowest BCUT2D eigenvalue weighted by molar-refractivity contribution is -0.274. The van der Waals surface area contributed by atoms with E-state index in [1.165, 1.54) is 12.1 Å². The summed E-state index contributed by atoms with van der Waals surface area (Å²) in [4.78, 5) is 15.2. The minimum atomic E-state index is -4.72. The highest BCUT2D eigenvalue weighted by molar-refractivity contribution is 5.95. The third-order valence-electron chi connectivity index (χ3n) is 6.10. The van der Waals surface area contributed by atoms with Gasteiger partial charge in [0.25, 0.3) is 5.91 Å². The van der Waals surface area contributed by atoms with Gasteiger partial charge in [-0.25, -0.2) is 0 Å². The molecule has 7 heteroatoms. The first kappa shape index (κ1) is 23.1. The van der Waals surface area contributed by atoms with Gasteiger partial charge in [0.15, 0.2) is 0 Å². The molecular weight excluding hydrogens is 405 g/mol. The molecule has 31 heavy (non-hydrogen) atoms. The Hall–Kier alpha value is -2.54. The SMILES string of the molecule is CCC(C)(C)N1CCC(NC(=O)c2cccc(-c3ccc(OC(F)(F)F)cc3)c2)CC1. The monoisotopic (exact) mass is 434 g/mol. The summed E-state index contributed by atoms with van der Waals surface area (Å²) in [5.74, 6) is -0.408. The third kappa shape index (κ3) is 6.23. The van der Waals surface area contributed by atoms with Crippen molar-refractivity contribution in [2.45, 2.75) is 58.0 Å². The largest absolute Gasteiger partial charge is 0.573 e. The number of nitrogens with one attached hydrogen (secondary N) is 1. The molecule has 0 saturated carbocycles. The second kappa shape index (κ2) is 9.30. The van der Waals surface area contributed by atoms with Crippen molar-refractivity contribution in [3.8, 4) is 16.9 Å². The van der Waals surface area contributed by atoms with E-state index in [4.69, 9.17) is 0 Å². The summed E-state index contributed by atoms with van der Waals surface area (Å²) < 4.78 is 40.9. The molecule has 4 nitrogen and oxygen atoms in total. The molecule has 2 aromatic rings. The second-order valence-electron chi connectivity index (χ2n) is 8.55. The fourth-order valence-electron chi connectivity index (χ4n) is 3.81. The van der Waals surface area contributed by atoms with E-state index >= 15 is 0 Å². The Morgan fingerprint density at radius 3 is 2.29 bits per heavy atom. The van der Waals surface area contributed by atoms with E-state index in [0.717, 1.165) is 37.9 Å². The van der Waals surface area contributed by atoms with Gasteiger partial charge in [0.05, 0.1) is 0 Å².